The highest BCUT2D eigenvalue weighted by molar-refractivity contribution is 6.11. The van der Waals surface area contributed by atoms with Gasteiger partial charge in [-0.05, 0) is 38.1 Å². The first-order valence-corrected chi connectivity index (χ1v) is 8.91. The highest BCUT2D eigenvalue weighted by atomic mass is 16.3. The lowest BCUT2D eigenvalue weighted by Gasteiger charge is -2.11. The fourth-order valence-electron chi connectivity index (χ4n) is 3.16. The molecule has 0 atom stereocenters. The van der Waals surface area contributed by atoms with E-state index >= 15 is 0 Å². The Hall–Kier alpha value is -3.73. The number of aromatic nitrogens is 1. The third kappa shape index (κ3) is 3.07. The summed E-state index contributed by atoms with van der Waals surface area (Å²) in [5.74, 6) is 0.114. The summed E-state index contributed by atoms with van der Waals surface area (Å²) in [6.07, 6.45) is 1.66. The molecule has 4 rings (SSSR count). The normalized spacial score (nSPS) is 10.8. The minimum atomic E-state index is -0.354. The number of carbonyl (C=O) groups is 1. The van der Waals surface area contributed by atoms with Crippen LogP contribution >= 0.6 is 0 Å². The molecule has 138 valence electrons. The molecule has 2 heterocycles. The first kappa shape index (κ1) is 17.7. The summed E-state index contributed by atoms with van der Waals surface area (Å²) in [5.41, 5.74) is 3.05. The standard InChI is InChI=1S/C23H18N2O3/c1-14-20(26)17-10-6-11-18(23(27)25-19-12-7-13-24-15(19)2)22(17)28-21(14)16-8-4-3-5-9-16/h3-13H,1-2H3,(H,25,27). The van der Waals surface area contributed by atoms with E-state index in [2.05, 4.69) is 10.3 Å². The van der Waals surface area contributed by atoms with Gasteiger partial charge in [0.05, 0.1) is 22.3 Å². The smallest absolute Gasteiger partial charge is 0.259 e. The van der Waals surface area contributed by atoms with Crippen molar-refractivity contribution in [3.8, 4) is 11.3 Å². The van der Waals surface area contributed by atoms with Crippen molar-refractivity contribution in [3.63, 3.8) is 0 Å². The van der Waals surface area contributed by atoms with Gasteiger partial charge in [0.2, 0.25) is 0 Å². The molecule has 0 bridgehead atoms. The Bertz CT molecular complexity index is 1240. The van der Waals surface area contributed by atoms with Crippen molar-refractivity contribution >= 4 is 22.6 Å². The molecule has 5 nitrogen and oxygen atoms in total. The van der Waals surface area contributed by atoms with Gasteiger partial charge in [0.1, 0.15) is 5.76 Å². The lowest BCUT2D eigenvalue weighted by atomic mass is 10.0. The minimum Gasteiger partial charge on any atom is -0.455 e. The van der Waals surface area contributed by atoms with Crippen molar-refractivity contribution < 1.29 is 9.21 Å². The molecule has 1 amide bonds. The van der Waals surface area contributed by atoms with Crippen LogP contribution in [-0.4, -0.2) is 10.9 Å². The second-order valence-electron chi connectivity index (χ2n) is 6.52. The number of rotatable bonds is 3. The Morgan fingerprint density at radius 3 is 2.50 bits per heavy atom. The molecule has 4 aromatic rings. The summed E-state index contributed by atoms with van der Waals surface area (Å²) in [7, 11) is 0. The van der Waals surface area contributed by atoms with Gasteiger partial charge >= 0.3 is 0 Å². The summed E-state index contributed by atoms with van der Waals surface area (Å²) >= 11 is 0. The van der Waals surface area contributed by atoms with Crippen molar-refractivity contribution in [2.75, 3.05) is 5.32 Å². The molecule has 0 unspecified atom stereocenters. The molecule has 2 aromatic carbocycles. The molecular weight excluding hydrogens is 352 g/mol. The molecule has 1 N–H and O–H groups in total. The SMILES string of the molecule is Cc1ncccc1NC(=O)c1cccc2c(=O)c(C)c(-c3ccccc3)oc12. The van der Waals surface area contributed by atoms with E-state index in [1.54, 1.807) is 43.5 Å². The number of carbonyl (C=O) groups excluding carboxylic acids is 1. The summed E-state index contributed by atoms with van der Waals surface area (Å²) in [6, 6.07) is 17.9. The quantitative estimate of drug-likeness (QED) is 0.566. The molecule has 0 aliphatic carbocycles. The number of aryl methyl sites for hydroxylation is 1. The van der Waals surface area contributed by atoms with E-state index in [4.69, 9.17) is 4.42 Å². The van der Waals surface area contributed by atoms with Crippen molar-refractivity contribution in [2.45, 2.75) is 13.8 Å². The van der Waals surface area contributed by atoms with Gasteiger partial charge in [-0.15, -0.1) is 0 Å². The van der Waals surface area contributed by atoms with Crippen LogP contribution in [0.15, 0.2) is 76.1 Å². The fourth-order valence-corrected chi connectivity index (χ4v) is 3.16. The lowest BCUT2D eigenvalue weighted by Crippen LogP contribution is -2.15. The maximum absolute atomic E-state index is 12.9. The van der Waals surface area contributed by atoms with Gasteiger partial charge in [0.25, 0.3) is 5.91 Å². The monoisotopic (exact) mass is 370 g/mol. The summed E-state index contributed by atoms with van der Waals surface area (Å²) in [4.78, 5) is 30.0. The summed E-state index contributed by atoms with van der Waals surface area (Å²) in [6.45, 7) is 3.55. The Morgan fingerprint density at radius 1 is 0.964 bits per heavy atom. The van der Waals surface area contributed by atoms with E-state index in [-0.39, 0.29) is 16.9 Å². The van der Waals surface area contributed by atoms with Crippen LogP contribution in [0.3, 0.4) is 0 Å². The van der Waals surface area contributed by atoms with Crippen LogP contribution in [0, 0.1) is 13.8 Å². The van der Waals surface area contributed by atoms with E-state index in [1.807, 2.05) is 37.3 Å². The predicted molar refractivity (Wildman–Crippen MR) is 110 cm³/mol. The van der Waals surface area contributed by atoms with Gasteiger partial charge in [-0.1, -0.05) is 36.4 Å². The van der Waals surface area contributed by atoms with Crippen LogP contribution in [0.2, 0.25) is 0 Å². The Kier molecular flexibility index (Phi) is 4.49. The summed E-state index contributed by atoms with van der Waals surface area (Å²) in [5, 5.41) is 3.23. The van der Waals surface area contributed by atoms with E-state index in [0.29, 0.717) is 33.7 Å². The second kappa shape index (κ2) is 7.12. The Balaban J connectivity index is 1.88. The van der Waals surface area contributed by atoms with E-state index < -0.39 is 0 Å². The first-order valence-electron chi connectivity index (χ1n) is 8.91. The van der Waals surface area contributed by atoms with Crippen molar-refractivity contribution in [1.29, 1.82) is 0 Å². The average molecular weight is 370 g/mol. The van der Waals surface area contributed by atoms with Crippen LogP contribution in [0.25, 0.3) is 22.3 Å². The molecule has 0 spiro atoms. The number of nitrogens with zero attached hydrogens (tertiary/aromatic N) is 1. The molecular formula is C23H18N2O3. The topological polar surface area (TPSA) is 72.2 Å². The molecule has 0 radical (unpaired) electrons. The van der Waals surface area contributed by atoms with Crippen LogP contribution < -0.4 is 10.7 Å². The predicted octanol–water partition coefficient (Wildman–Crippen LogP) is 4.72. The fraction of sp³-hybridized carbons (Fsp3) is 0.0870. The minimum absolute atomic E-state index is 0.146. The largest absolute Gasteiger partial charge is 0.455 e. The zero-order valence-electron chi connectivity index (χ0n) is 15.5. The molecule has 0 saturated carbocycles. The van der Waals surface area contributed by atoms with Crippen LogP contribution in [0.1, 0.15) is 21.6 Å². The van der Waals surface area contributed by atoms with Crippen molar-refractivity contribution in [3.05, 3.63) is 93.9 Å². The number of para-hydroxylation sites is 1. The molecule has 0 aliphatic heterocycles. The van der Waals surface area contributed by atoms with Crippen molar-refractivity contribution in [2.24, 2.45) is 0 Å². The lowest BCUT2D eigenvalue weighted by molar-refractivity contribution is 0.102. The maximum atomic E-state index is 12.9. The van der Waals surface area contributed by atoms with Crippen molar-refractivity contribution in [1.82, 2.24) is 4.98 Å². The van der Waals surface area contributed by atoms with Crippen LogP contribution in [0.5, 0.6) is 0 Å². The number of anilines is 1. The number of hydrogen-bond donors (Lipinski definition) is 1. The third-order valence-corrected chi connectivity index (χ3v) is 4.68. The van der Waals surface area contributed by atoms with E-state index in [9.17, 15) is 9.59 Å². The number of fused-ring (bicyclic) bond motifs is 1. The molecule has 2 aromatic heterocycles. The highest BCUT2D eigenvalue weighted by Crippen LogP contribution is 2.27. The Morgan fingerprint density at radius 2 is 1.75 bits per heavy atom. The van der Waals surface area contributed by atoms with Gasteiger partial charge in [-0.25, -0.2) is 0 Å². The number of nitrogens with one attached hydrogen (secondary N) is 1. The first-order chi connectivity index (χ1) is 13.6. The molecule has 0 aliphatic rings. The molecule has 0 fully saturated rings. The second-order valence-corrected chi connectivity index (χ2v) is 6.52. The number of pyridine rings is 1. The zero-order chi connectivity index (χ0) is 19.7. The Labute approximate surface area is 161 Å². The third-order valence-electron chi connectivity index (χ3n) is 4.68. The average Bonchev–Trinajstić information content (AvgIpc) is 2.72. The molecule has 5 heteroatoms. The maximum Gasteiger partial charge on any atom is 0.259 e. The highest BCUT2D eigenvalue weighted by Gasteiger charge is 2.18. The number of hydrogen-bond acceptors (Lipinski definition) is 4. The van der Waals surface area contributed by atoms with Crippen LogP contribution in [-0.2, 0) is 0 Å². The molecule has 28 heavy (non-hydrogen) atoms. The van der Waals surface area contributed by atoms with Gasteiger partial charge in [-0.3, -0.25) is 14.6 Å². The number of amides is 1. The van der Waals surface area contributed by atoms with Crippen LogP contribution in [0.4, 0.5) is 5.69 Å². The van der Waals surface area contributed by atoms with Gasteiger partial charge in [0.15, 0.2) is 11.0 Å². The van der Waals surface area contributed by atoms with Gasteiger partial charge in [-0.2, -0.15) is 0 Å². The zero-order valence-corrected chi connectivity index (χ0v) is 15.5. The number of benzene rings is 2. The van der Waals surface area contributed by atoms with Gasteiger partial charge < -0.3 is 9.73 Å². The van der Waals surface area contributed by atoms with E-state index in [0.717, 1.165) is 5.56 Å². The summed E-state index contributed by atoms with van der Waals surface area (Å²) < 4.78 is 6.10. The van der Waals surface area contributed by atoms with Gasteiger partial charge in [0, 0.05) is 17.3 Å². The van der Waals surface area contributed by atoms with E-state index in [1.165, 1.54) is 0 Å². The molecule has 0 saturated heterocycles.